The third-order valence-corrected chi connectivity index (χ3v) is 7.32. The molecule has 1 unspecified atom stereocenters. The Morgan fingerprint density at radius 3 is 2.40 bits per heavy atom. The van der Waals surface area contributed by atoms with E-state index in [0.29, 0.717) is 11.3 Å². The predicted molar refractivity (Wildman–Crippen MR) is 118 cm³/mol. The van der Waals surface area contributed by atoms with Gasteiger partial charge in [0, 0.05) is 24.7 Å². The fourth-order valence-corrected chi connectivity index (χ4v) is 4.22. The van der Waals surface area contributed by atoms with Crippen LogP contribution in [0.3, 0.4) is 0 Å². The Labute approximate surface area is 181 Å². The Bertz CT molecular complexity index is 1040. The minimum atomic E-state index is -3.63. The van der Waals surface area contributed by atoms with Gasteiger partial charge in [-0.05, 0) is 50.1 Å². The molecular weight excluding hydrogens is 424 g/mol. The van der Waals surface area contributed by atoms with Gasteiger partial charge in [0.2, 0.25) is 10.0 Å². The van der Waals surface area contributed by atoms with Crippen molar-refractivity contribution in [1.82, 2.24) is 4.31 Å². The lowest BCUT2D eigenvalue weighted by Crippen LogP contribution is -2.31. The van der Waals surface area contributed by atoms with Gasteiger partial charge in [0.1, 0.15) is 0 Å². The molecule has 30 heavy (non-hydrogen) atoms. The van der Waals surface area contributed by atoms with E-state index in [1.54, 1.807) is 13.0 Å². The van der Waals surface area contributed by atoms with Crippen molar-refractivity contribution in [2.24, 2.45) is 0 Å². The van der Waals surface area contributed by atoms with E-state index < -0.39 is 28.0 Å². The second kappa shape index (κ2) is 10.1. The number of amides is 1. The predicted octanol–water partition coefficient (Wildman–Crippen LogP) is 3.22. The largest absolute Gasteiger partial charge is 0.452 e. The number of benzene rings is 2. The van der Waals surface area contributed by atoms with E-state index in [1.165, 1.54) is 44.9 Å². The summed E-state index contributed by atoms with van der Waals surface area (Å²) in [6.07, 6.45) is -1.02. The molecule has 1 N–H and O–H groups in total. The minimum absolute atomic E-state index is 0.0627. The van der Waals surface area contributed by atoms with Gasteiger partial charge in [-0.25, -0.2) is 12.7 Å². The van der Waals surface area contributed by atoms with Crippen LogP contribution in [0.4, 0.5) is 5.69 Å². The summed E-state index contributed by atoms with van der Waals surface area (Å²) in [5, 5.41) is 2.64. The lowest BCUT2D eigenvalue weighted by atomic mass is 10.2. The summed E-state index contributed by atoms with van der Waals surface area (Å²) in [6.45, 7) is 5.18. The summed E-state index contributed by atoms with van der Waals surface area (Å²) >= 11 is 1.35. The first-order valence-corrected chi connectivity index (χ1v) is 11.7. The number of hydrogen-bond donors (Lipinski definition) is 1. The monoisotopic (exact) mass is 450 g/mol. The highest BCUT2D eigenvalue weighted by molar-refractivity contribution is 8.00. The summed E-state index contributed by atoms with van der Waals surface area (Å²) in [7, 11) is -0.766. The zero-order valence-electron chi connectivity index (χ0n) is 17.6. The normalized spacial score (nSPS) is 12.5. The number of hydrogen-bond acceptors (Lipinski definition) is 6. The van der Waals surface area contributed by atoms with Gasteiger partial charge in [-0.2, -0.15) is 0 Å². The topological polar surface area (TPSA) is 92.8 Å². The first-order chi connectivity index (χ1) is 14.0. The molecule has 1 amide bonds. The maximum atomic E-state index is 12.5. The molecule has 0 fully saturated rings. The van der Waals surface area contributed by atoms with Crippen LogP contribution in [0.5, 0.6) is 0 Å². The quantitative estimate of drug-likeness (QED) is 0.490. The third kappa shape index (κ3) is 6.07. The summed E-state index contributed by atoms with van der Waals surface area (Å²) in [5.74, 6) is -0.962. The molecule has 2 rings (SSSR count). The fourth-order valence-electron chi connectivity index (χ4n) is 2.48. The van der Waals surface area contributed by atoms with Gasteiger partial charge in [0.25, 0.3) is 5.91 Å². The van der Waals surface area contributed by atoms with Crippen LogP contribution in [0.15, 0.2) is 52.3 Å². The molecule has 2 aromatic rings. The zero-order chi connectivity index (χ0) is 22.5. The smallest absolute Gasteiger partial charge is 0.317 e. The molecular formula is C21H26N2O5S2. The van der Waals surface area contributed by atoms with E-state index in [2.05, 4.69) is 5.32 Å². The van der Waals surface area contributed by atoms with Crippen molar-refractivity contribution in [3.05, 3.63) is 53.6 Å². The number of nitrogens with one attached hydrogen (secondary N) is 1. The second-order valence-electron chi connectivity index (χ2n) is 6.94. The third-order valence-electron chi connectivity index (χ3n) is 4.36. The fraction of sp³-hybridized carbons (Fsp3) is 0.333. The number of ether oxygens (including phenoxy) is 1. The molecule has 0 aliphatic rings. The van der Waals surface area contributed by atoms with Crippen molar-refractivity contribution in [1.29, 1.82) is 0 Å². The lowest BCUT2D eigenvalue weighted by Gasteiger charge is -2.17. The Kier molecular flexibility index (Phi) is 8.05. The highest BCUT2D eigenvalue weighted by Gasteiger charge is 2.21. The first kappa shape index (κ1) is 23.9. The standard InChI is InChI=1S/C21H26N2O5S2/c1-14-10-11-17(30(26,27)23(4)5)12-18(14)22-21(25)16(3)28-20(24)13-29-19-9-7-6-8-15(19)2/h6-12,16H,13H2,1-5H3,(H,22,25). The Morgan fingerprint density at radius 1 is 1.10 bits per heavy atom. The molecule has 0 saturated heterocycles. The van der Waals surface area contributed by atoms with Crippen molar-refractivity contribution in [3.8, 4) is 0 Å². The second-order valence-corrected chi connectivity index (χ2v) is 10.1. The summed E-state index contributed by atoms with van der Waals surface area (Å²) in [5.41, 5.74) is 2.10. The number of rotatable bonds is 8. The van der Waals surface area contributed by atoms with Gasteiger partial charge in [-0.15, -0.1) is 11.8 Å². The maximum absolute atomic E-state index is 12.5. The summed E-state index contributed by atoms with van der Waals surface area (Å²) < 4.78 is 31.0. The molecule has 0 bridgehead atoms. The van der Waals surface area contributed by atoms with Crippen LogP contribution in [-0.4, -0.2) is 50.6 Å². The Hall–Kier alpha value is -2.36. The molecule has 0 aromatic heterocycles. The van der Waals surface area contributed by atoms with Crippen LogP contribution in [0.2, 0.25) is 0 Å². The average Bonchev–Trinajstić information content (AvgIpc) is 2.68. The number of sulfonamides is 1. The Balaban J connectivity index is 2.00. The molecule has 7 nitrogen and oxygen atoms in total. The van der Waals surface area contributed by atoms with Gasteiger partial charge in [-0.1, -0.05) is 24.3 Å². The number of anilines is 1. The molecule has 162 valence electrons. The van der Waals surface area contributed by atoms with Crippen molar-refractivity contribution < 1.29 is 22.7 Å². The van der Waals surface area contributed by atoms with E-state index in [1.807, 2.05) is 31.2 Å². The highest BCUT2D eigenvalue weighted by Crippen LogP contribution is 2.23. The average molecular weight is 451 g/mol. The molecule has 0 aliphatic heterocycles. The number of nitrogens with zero attached hydrogens (tertiary/aromatic N) is 1. The van der Waals surface area contributed by atoms with Crippen LogP contribution in [-0.2, 0) is 24.3 Å². The molecule has 0 radical (unpaired) electrons. The van der Waals surface area contributed by atoms with Gasteiger partial charge in [0.05, 0.1) is 10.6 Å². The minimum Gasteiger partial charge on any atom is -0.452 e. The molecule has 0 aliphatic carbocycles. The van der Waals surface area contributed by atoms with E-state index in [4.69, 9.17) is 4.74 Å². The van der Waals surface area contributed by atoms with Gasteiger partial charge >= 0.3 is 5.97 Å². The Morgan fingerprint density at radius 2 is 1.77 bits per heavy atom. The van der Waals surface area contributed by atoms with Crippen LogP contribution < -0.4 is 5.32 Å². The number of thioether (sulfide) groups is 1. The number of aryl methyl sites for hydroxylation is 2. The number of esters is 1. The molecule has 0 saturated carbocycles. The van der Waals surface area contributed by atoms with Gasteiger partial charge in [-0.3, -0.25) is 9.59 Å². The van der Waals surface area contributed by atoms with Crippen molar-refractivity contribution in [2.45, 2.75) is 36.7 Å². The first-order valence-electron chi connectivity index (χ1n) is 9.24. The van der Waals surface area contributed by atoms with E-state index >= 15 is 0 Å². The zero-order valence-corrected chi connectivity index (χ0v) is 19.3. The highest BCUT2D eigenvalue weighted by atomic mass is 32.2. The van der Waals surface area contributed by atoms with Gasteiger partial charge in [0.15, 0.2) is 6.10 Å². The summed E-state index contributed by atoms with van der Waals surface area (Å²) in [4.78, 5) is 25.6. The van der Waals surface area contributed by atoms with E-state index in [9.17, 15) is 18.0 Å². The van der Waals surface area contributed by atoms with Crippen molar-refractivity contribution >= 4 is 39.3 Å². The van der Waals surface area contributed by atoms with Crippen LogP contribution in [0.25, 0.3) is 0 Å². The molecule has 1 atom stereocenters. The van der Waals surface area contributed by atoms with Gasteiger partial charge < -0.3 is 10.1 Å². The van der Waals surface area contributed by atoms with Crippen molar-refractivity contribution in [2.75, 3.05) is 25.2 Å². The SMILES string of the molecule is Cc1ccc(S(=O)(=O)N(C)C)cc1NC(=O)C(C)OC(=O)CSc1ccccc1C. The van der Waals surface area contributed by atoms with E-state index in [-0.39, 0.29) is 10.6 Å². The molecule has 0 heterocycles. The number of carbonyl (C=O) groups is 2. The molecule has 9 heteroatoms. The van der Waals surface area contributed by atoms with Crippen molar-refractivity contribution in [3.63, 3.8) is 0 Å². The van der Waals surface area contributed by atoms with Crippen LogP contribution in [0.1, 0.15) is 18.1 Å². The van der Waals surface area contributed by atoms with Crippen LogP contribution >= 0.6 is 11.8 Å². The molecule has 0 spiro atoms. The van der Waals surface area contributed by atoms with Crippen LogP contribution in [0, 0.1) is 13.8 Å². The van der Waals surface area contributed by atoms with E-state index in [0.717, 1.165) is 14.8 Å². The summed E-state index contributed by atoms with van der Waals surface area (Å²) in [6, 6.07) is 12.2. The lowest BCUT2D eigenvalue weighted by molar-refractivity contribution is -0.150. The number of carbonyl (C=O) groups excluding carboxylic acids is 2. The molecule has 2 aromatic carbocycles. The maximum Gasteiger partial charge on any atom is 0.317 e.